The number of urea groups is 1. The second kappa shape index (κ2) is 10.3. The third kappa shape index (κ3) is 4.92. The van der Waals surface area contributed by atoms with Gasteiger partial charge in [-0.2, -0.15) is 0 Å². The van der Waals surface area contributed by atoms with Gasteiger partial charge < -0.3 is 15.1 Å². The van der Waals surface area contributed by atoms with Crippen molar-refractivity contribution < 1.29 is 14.4 Å². The van der Waals surface area contributed by atoms with Crippen LogP contribution < -0.4 is 5.32 Å². The number of piperazine rings is 1. The third-order valence-electron chi connectivity index (χ3n) is 6.49. The monoisotopic (exact) mass is 463 g/mol. The number of hydrogen-bond acceptors (Lipinski definition) is 4. The minimum absolute atomic E-state index is 0.0544. The summed E-state index contributed by atoms with van der Waals surface area (Å²) in [6, 6.07) is 16.9. The number of rotatable bonds is 6. The Kier molecular flexibility index (Phi) is 7.17. The summed E-state index contributed by atoms with van der Waals surface area (Å²) >= 11 is 0. The lowest BCUT2D eigenvalue weighted by molar-refractivity contribution is -0.188. The zero-order valence-electron chi connectivity index (χ0n) is 20.1. The van der Waals surface area contributed by atoms with E-state index in [4.69, 9.17) is 0 Å². The van der Waals surface area contributed by atoms with Crippen molar-refractivity contribution in [3.05, 3.63) is 71.3 Å². The fourth-order valence-corrected chi connectivity index (χ4v) is 4.77. The first-order valence-electron chi connectivity index (χ1n) is 11.9. The van der Waals surface area contributed by atoms with Gasteiger partial charge in [-0.25, -0.2) is 14.8 Å². The van der Waals surface area contributed by atoms with Gasteiger partial charge >= 0.3 is 6.03 Å². The first kappa shape index (κ1) is 23.8. The predicted octanol–water partition coefficient (Wildman–Crippen LogP) is 2.73. The zero-order chi connectivity index (χ0) is 24.2. The molecule has 0 spiro atoms. The predicted molar refractivity (Wildman–Crippen MR) is 129 cm³/mol. The van der Waals surface area contributed by atoms with Gasteiger partial charge in [0.1, 0.15) is 12.2 Å². The standard InChI is InChI=1S/C26H33N5O3/c1-4-8-22-25(33)29(16-21-13-11-19(2)12-14-21)17-23-30(22)24(32)18-28(3)31(23)26(34)27-15-20-9-6-5-7-10-20/h5-7,9-14,22-23H,4,8,15-18H2,1-3H3,(H,27,34)/t22-,23-/m0/s1. The van der Waals surface area contributed by atoms with Crippen molar-refractivity contribution in [2.45, 2.75) is 52.0 Å². The van der Waals surface area contributed by atoms with E-state index in [1.54, 1.807) is 26.9 Å². The van der Waals surface area contributed by atoms with Crippen LogP contribution >= 0.6 is 0 Å². The maximum Gasteiger partial charge on any atom is 0.334 e. The summed E-state index contributed by atoms with van der Waals surface area (Å²) in [6.07, 6.45) is 0.775. The summed E-state index contributed by atoms with van der Waals surface area (Å²) in [5, 5.41) is 6.24. The number of likely N-dealkylation sites (N-methyl/N-ethyl adjacent to an activating group) is 1. The molecule has 2 aliphatic heterocycles. The molecule has 8 heteroatoms. The summed E-state index contributed by atoms with van der Waals surface area (Å²) in [7, 11) is 1.74. The van der Waals surface area contributed by atoms with Crippen molar-refractivity contribution >= 4 is 17.8 Å². The molecule has 0 aliphatic carbocycles. The van der Waals surface area contributed by atoms with Crippen molar-refractivity contribution in [1.82, 2.24) is 25.1 Å². The second-order valence-electron chi connectivity index (χ2n) is 9.10. The van der Waals surface area contributed by atoms with Crippen molar-refractivity contribution in [2.24, 2.45) is 0 Å². The highest BCUT2D eigenvalue weighted by atomic mass is 16.2. The molecule has 2 saturated heterocycles. The van der Waals surface area contributed by atoms with Gasteiger partial charge in [0.15, 0.2) is 0 Å². The molecule has 34 heavy (non-hydrogen) atoms. The largest absolute Gasteiger partial charge is 0.334 e. The highest BCUT2D eigenvalue weighted by Crippen LogP contribution is 2.28. The molecular weight excluding hydrogens is 430 g/mol. The number of carbonyl (C=O) groups is 3. The zero-order valence-corrected chi connectivity index (χ0v) is 20.1. The van der Waals surface area contributed by atoms with Crippen LogP contribution in [0.4, 0.5) is 4.79 Å². The molecule has 180 valence electrons. The second-order valence-corrected chi connectivity index (χ2v) is 9.10. The van der Waals surface area contributed by atoms with Crippen LogP contribution in [0.3, 0.4) is 0 Å². The summed E-state index contributed by atoms with van der Waals surface area (Å²) < 4.78 is 0. The number of aryl methyl sites for hydroxylation is 1. The Morgan fingerprint density at radius 3 is 2.41 bits per heavy atom. The van der Waals surface area contributed by atoms with Crippen LogP contribution in [0.1, 0.15) is 36.5 Å². The molecule has 2 aliphatic rings. The Bertz CT molecular complexity index is 1030. The minimum Gasteiger partial charge on any atom is -0.333 e. The van der Waals surface area contributed by atoms with Crippen LogP contribution in [0, 0.1) is 6.92 Å². The number of amides is 4. The molecular formula is C26H33N5O3. The lowest BCUT2D eigenvalue weighted by Crippen LogP contribution is -2.75. The number of hydrazine groups is 1. The number of nitrogens with one attached hydrogen (secondary N) is 1. The smallest absolute Gasteiger partial charge is 0.333 e. The van der Waals surface area contributed by atoms with Gasteiger partial charge in [-0.3, -0.25) is 9.59 Å². The molecule has 1 N–H and O–H groups in total. The van der Waals surface area contributed by atoms with E-state index in [1.165, 1.54) is 0 Å². The lowest BCUT2D eigenvalue weighted by Gasteiger charge is -2.54. The van der Waals surface area contributed by atoms with E-state index >= 15 is 0 Å². The normalized spacial score (nSPS) is 21.0. The summed E-state index contributed by atoms with van der Waals surface area (Å²) in [5.74, 6) is -0.178. The molecule has 4 rings (SSSR count). The molecule has 0 unspecified atom stereocenters. The fraction of sp³-hybridized carbons (Fsp3) is 0.423. The molecule has 4 amide bonds. The maximum atomic E-state index is 13.5. The molecule has 2 atom stereocenters. The van der Waals surface area contributed by atoms with Gasteiger partial charge in [-0.1, -0.05) is 73.5 Å². The Labute approximate surface area is 201 Å². The van der Waals surface area contributed by atoms with Crippen molar-refractivity contribution in [3.63, 3.8) is 0 Å². The van der Waals surface area contributed by atoms with Crippen molar-refractivity contribution in [2.75, 3.05) is 20.1 Å². The summed E-state index contributed by atoms with van der Waals surface area (Å²) in [5.41, 5.74) is 3.18. The number of nitrogens with zero attached hydrogens (tertiary/aromatic N) is 4. The van der Waals surface area contributed by atoms with E-state index in [1.807, 2.05) is 68.4 Å². The first-order chi connectivity index (χ1) is 16.4. The third-order valence-corrected chi connectivity index (χ3v) is 6.49. The Hall–Kier alpha value is -3.39. The number of fused-ring (bicyclic) bond motifs is 1. The minimum atomic E-state index is -0.570. The molecule has 2 aromatic carbocycles. The van der Waals surface area contributed by atoms with Gasteiger partial charge in [0, 0.05) is 20.1 Å². The van der Waals surface area contributed by atoms with Gasteiger partial charge in [0.05, 0.1) is 13.1 Å². The molecule has 0 aromatic heterocycles. The van der Waals surface area contributed by atoms with Gasteiger partial charge in [-0.05, 0) is 24.5 Å². The van der Waals surface area contributed by atoms with E-state index in [0.717, 1.165) is 23.1 Å². The van der Waals surface area contributed by atoms with E-state index in [2.05, 4.69) is 5.32 Å². The van der Waals surface area contributed by atoms with E-state index < -0.39 is 12.2 Å². The van der Waals surface area contributed by atoms with E-state index in [9.17, 15) is 14.4 Å². The van der Waals surface area contributed by atoms with Gasteiger partial charge in [0.2, 0.25) is 11.8 Å². The van der Waals surface area contributed by atoms with Crippen molar-refractivity contribution in [3.8, 4) is 0 Å². The molecule has 0 radical (unpaired) electrons. The van der Waals surface area contributed by atoms with E-state index in [-0.39, 0.29) is 30.9 Å². The molecule has 2 aromatic rings. The SMILES string of the molecule is CCC[C@H]1C(=O)N(Cc2ccc(C)cc2)C[C@H]2N1C(=O)CN(C)N2C(=O)NCc1ccccc1. The number of carbonyl (C=O) groups excluding carboxylic acids is 3. The topological polar surface area (TPSA) is 76.2 Å². The molecule has 0 bridgehead atoms. The van der Waals surface area contributed by atoms with Crippen LogP contribution in [0.5, 0.6) is 0 Å². The highest BCUT2D eigenvalue weighted by Gasteiger charge is 2.50. The van der Waals surface area contributed by atoms with Crippen molar-refractivity contribution in [1.29, 1.82) is 0 Å². The van der Waals surface area contributed by atoms with Crippen LogP contribution in [0.25, 0.3) is 0 Å². The average Bonchev–Trinajstić information content (AvgIpc) is 2.82. The van der Waals surface area contributed by atoms with E-state index in [0.29, 0.717) is 19.5 Å². The van der Waals surface area contributed by atoms with Gasteiger partial charge in [0.25, 0.3) is 0 Å². The highest BCUT2D eigenvalue weighted by molar-refractivity contribution is 5.91. The summed E-state index contributed by atoms with van der Waals surface area (Å²) in [6.45, 7) is 5.19. The lowest BCUT2D eigenvalue weighted by atomic mass is 10.0. The molecule has 2 fully saturated rings. The Morgan fingerprint density at radius 1 is 1.03 bits per heavy atom. The quantitative estimate of drug-likeness (QED) is 0.715. The maximum absolute atomic E-state index is 13.5. The number of benzene rings is 2. The fourth-order valence-electron chi connectivity index (χ4n) is 4.77. The summed E-state index contributed by atoms with van der Waals surface area (Å²) in [4.78, 5) is 43.3. The van der Waals surface area contributed by atoms with Crippen LogP contribution in [-0.4, -0.2) is 70.0 Å². The average molecular weight is 464 g/mol. The van der Waals surface area contributed by atoms with Crippen LogP contribution in [0.2, 0.25) is 0 Å². The molecule has 2 heterocycles. The van der Waals surface area contributed by atoms with Crippen LogP contribution in [-0.2, 0) is 22.7 Å². The van der Waals surface area contributed by atoms with Crippen LogP contribution in [0.15, 0.2) is 54.6 Å². The Balaban J connectivity index is 1.59. The number of hydrogen-bond donors (Lipinski definition) is 1. The molecule has 8 nitrogen and oxygen atoms in total. The van der Waals surface area contributed by atoms with Gasteiger partial charge in [-0.15, -0.1) is 0 Å². The molecule has 0 saturated carbocycles. The first-order valence-corrected chi connectivity index (χ1v) is 11.9. The Morgan fingerprint density at radius 2 is 1.74 bits per heavy atom.